The van der Waals surface area contributed by atoms with Crippen LogP contribution in [-0.4, -0.2) is 4.57 Å². The zero-order valence-electron chi connectivity index (χ0n) is 28.8. The summed E-state index contributed by atoms with van der Waals surface area (Å²) in [6.07, 6.45) is 15.1. The van der Waals surface area contributed by atoms with Gasteiger partial charge in [-0.2, -0.15) is 0 Å². The number of fused-ring (bicyclic) bond motifs is 6. The summed E-state index contributed by atoms with van der Waals surface area (Å²) in [6.45, 7) is 4.52. The molecule has 0 spiro atoms. The van der Waals surface area contributed by atoms with Gasteiger partial charge < -0.3 is 9.47 Å². The summed E-state index contributed by atoms with van der Waals surface area (Å²) >= 11 is 0. The fraction of sp³-hybridized carbons (Fsp3) is 0.0400. The van der Waals surface area contributed by atoms with Crippen LogP contribution in [0.25, 0.3) is 72.2 Å². The lowest BCUT2D eigenvalue weighted by Gasteiger charge is -2.29. The van der Waals surface area contributed by atoms with E-state index in [1.807, 2.05) is 0 Å². The lowest BCUT2D eigenvalue weighted by Crippen LogP contribution is -2.14. The second-order valence-electron chi connectivity index (χ2n) is 13.7. The summed E-state index contributed by atoms with van der Waals surface area (Å²) in [5.74, 6) is 0. The van der Waals surface area contributed by atoms with E-state index < -0.39 is 0 Å². The van der Waals surface area contributed by atoms with E-state index in [0.29, 0.717) is 0 Å². The van der Waals surface area contributed by atoms with Crippen LogP contribution in [0, 0.1) is 0 Å². The highest BCUT2D eigenvalue weighted by Crippen LogP contribution is 2.42. The van der Waals surface area contributed by atoms with Gasteiger partial charge >= 0.3 is 0 Å². The Morgan fingerprint density at radius 3 is 2.17 bits per heavy atom. The zero-order valence-corrected chi connectivity index (χ0v) is 28.8. The van der Waals surface area contributed by atoms with Crippen molar-refractivity contribution in [3.05, 3.63) is 199 Å². The first-order valence-corrected chi connectivity index (χ1v) is 18.1. The molecule has 2 nitrogen and oxygen atoms in total. The van der Waals surface area contributed by atoms with Gasteiger partial charge in [0.15, 0.2) is 0 Å². The molecule has 7 aromatic carbocycles. The third-order valence-corrected chi connectivity index (χ3v) is 10.8. The minimum absolute atomic E-state index is 0.999. The number of rotatable bonds is 4. The highest BCUT2D eigenvalue weighted by atomic mass is 15.1. The third-order valence-electron chi connectivity index (χ3n) is 10.8. The predicted octanol–water partition coefficient (Wildman–Crippen LogP) is 13.5. The molecule has 1 aliphatic carbocycles. The molecule has 2 aliphatic rings. The Kier molecular flexibility index (Phi) is 7.14. The van der Waals surface area contributed by atoms with E-state index in [-0.39, 0.29) is 0 Å². The number of allylic oxidation sites excluding steroid dienone is 5. The van der Waals surface area contributed by atoms with Gasteiger partial charge in [0.1, 0.15) is 0 Å². The van der Waals surface area contributed by atoms with Crippen LogP contribution in [0.1, 0.15) is 23.1 Å². The topological polar surface area (TPSA) is 8.17 Å². The van der Waals surface area contributed by atoms with Crippen molar-refractivity contribution in [3.8, 4) is 27.9 Å². The molecule has 2 heteroatoms. The van der Waals surface area contributed by atoms with Crippen molar-refractivity contribution in [1.29, 1.82) is 0 Å². The Labute approximate surface area is 304 Å². The molecule has 52 heavy (non-hydrogen) atoms. The van der Waals surface area contributed by atoms with Crippen LogP contribution in [0.4, 0.5) is 11.4 Å². The highest BCUT2D eigenvalue weighted by molar-refractivity contribution is 6.12. The maximum Gasteiger partial charge on any atom is 0.0541 e. The van der Waals surface area contributed by atoms with E-state index in [0.717, 1.165) is 29.7 Å². The smallest absolute Gasteiger partial charge is 0.0541 e. The lowest BCUT2D eigenvalue weighted by atomic mass is 9.93. The maximum atomic E-state index is 4.52. The van der Waals surface area contributed by atoms with Crippen molar-refractivity contribution in [2.75, 3.05) is 4.90 Å². The molecule has 1 aromatic heterocycles. The number of aromatic nitrogens is 1. The van der Waals surface area contributed by atoms with Gasteiger partial charge in [0.2, 0.25) is 0 Å². The predicted molar refractivity (Wildman–Crippen MR) is 222 cm³/mol. The van der Waals surface area contributed by atoms with Crippen molar-refractivity contribution in [2.24, 2.45) is 0 Å². The number of anilines is 2. The Morgan fingerprint density at radius 2 is 1.23 bits per heavy atom. The highest BCUT2D eigenvalue weighted by Gasteiger charge is 2.21. The minimum atomic E-state index is 0.999. The van der Waals surface area contributed by atoms with E-state index in [2.05, 4.69) is 198 Å². The van der Waals surface area contributed by atoms with Gasteiger partial charge in [-0.1, -0.05) is 134 Å². The second-order valence-corrected chi connectivity index (χ2v) is 13.7. The number of nitrogens with zero attached hydrogens (tertiary/aromatic N) is 2. The minimum Gasteiger partial charge on any atom is -0.316 e. The normalized spacial score (nSPS) is 15.0. The Hall–Kier alpha value is -6.64. The van der Waals surface area contributed by atoms with E-state index in [9.17, 15) is 0 Å². The summed E-state index contributed by atoms with van der Waals surface area (Å²) in [5.41, 5.74) is 15.6. The van der Waals surface area contributed by atoms with Crippen LogP contribution in [0.3, 0.4) is 0 Å². The molecular formula is C50H36N2. The molecule has 0 bridgehead atoms. The number of hydrogen-bond acceptors (Lipinski definition) is 1. The Bertz CT molecular complexity index is 2810. The molecule has 8 aromatic rings. The molecule has 1 aliphatic heterocycles. The van der Waals surface area contributed by atoms with Gasteiger partial charge in [-0.25, -0.2) is 0 Å². The Morgan fingerprint density at radius 1 is 0.481 bits per heavy atom. The molecule has 2 heterocycles. The molecule has 0 fully saturated rings. The van der Waals surface area contributed by atoms with Crippen LogP contribution in [0.5, 0.6) is 0 Å². The molecule has 0 atom stereocenters. The van der Waals surface area contributed by atoms with Gasteiger partial charge in [0.05, 0.1) is 22.4 Å². The molecular weight excluding hydrogens is 629 g/mol. The fourth-order valence-corrected chi connectivity index (χ4v) is 8.32. The molecule has 10 rings (SSSR count). The lowest BCUT2D eigenvalue weighted by molar-refractivity contribution is 0.978. The Balaban J connectivity index is 1.12. The summed E-state index contributed by atoms with van der Waals surface area (Å²) in [5, 5.41) is 4.97. The monoisotopic (exact) mass is 664 g/mol. The summed E-state index contributed by atoms with van der Waals surface area (Å²) in [7, 11) is 0. The number of para-hydroxylation sites is 1. The standard InChI is InChI=1S/C50H36N2/c1-34-14-9-10-31-51(46-25-11-18-36-17-5-6-19-40(36)46)47-29-27-37(32-44(34)47)38-28-30-50-45(33-38)43-20-7-8-24-48(43)52(50)49-26-13-22-41-39(21-12-23-42(41)49)35-15-3-2-4-16-35/h2-5,7-18,20-33H,1,6,19H2/b14-9-,31-10-. The molecule has 0 radical (unpaired) electrons. The number of hydrogen-bond donors (Lipinski definition) is 0. The largest absolute Gasteiger partial charge is 0.316 e. The van der Waals surface area contributed by atoms with Crippen molar-refractivity contribution >= 4 is 55.6 Å². The molecule has 0 saturated carbocycles. The van der Waals surface area contributed by atoms with Crippen LogP contribution < -0.4 is 4.90 Å². The van der Waals surface area contributed by atoms with E-state index >= 15 is 0 Å². The van der Waals surface area contributed by atoms with Crippen LogP contribution in [0.15, 0.2) is 183 Å². The van der Waals surface area contributed by atoms with E-state index in [1.54, 1.807) is 0 Å². The van der Waals surface area contributed by atoms with Crippen LogP contribution in [0.2, 0.25) is 0 Å². The van der Waals surface area contributed by atoms with Gasteiger partial charge in [-0.3, -0.25) is 0 Å². The first kappa shape index (κ1) is 30.2. The second kappa shape index (κ2) is 12.3. The van der Waals surface area contributed by atoms with Gasteiger partial charge in [-0.05, 0) is 106 Å². The summed E-state index contributed by atoms with van der Waals surface area (Å²) in [6, 6.07) is 53.3. The molecule has 246 valence electrons. The van der Waals surface area contributed by atoms with Crippen molar-refractivity contribution in [3.63, 3.8) is 0 Å². The van der Waals surface area contributed by atoms with Gasteiger partial charge in [0, 0.05) is 33.6 Å². The van der Waals surface area contributed by atoms with Gasteiger partial charge in [0.25, 0.3) is 0 Å². The molecule has 0 saturated heterocycles. The quantitative estimate of drug-likeness (QED) is 0.182. The SMILES string of the molecule is C=C1/C=C\C=C/N(c2cccc3c2CCC=C3)c2ccc(-c3ccc4c(c3)c3ccccc3n4-c3cccc4c(-c5ccccc5)cccc34)cc21. The van der Waals surface area contributed by atoms with E-state index in [4.69, 9.17) is 0 Å². The van der Waals surface area contributed by atoms with Crippen LogP contribution in [-0.2, 0) is 6.42 Å². The first-order chi connectivity index (χ1) is 25.7. The number of benzene rings is 7. The molecule has 0 unspecified atom stereocenters. The molecule has 0 amide bonds. The summed E-state index contributed by atoms with van der Waals surface area (Å²) < 4.78 is 2.44. The molecule has 0 N–H and O–H groups in total. The van der Waals surface area contributed by atoms with Crippen LogP contribution >= 0.6 is 0 Å². The van der Waals surface area contributed by atoms with Crippen molar-refractivity contribution in [2.45, 2.75) is 12.8 Å². The summed E-state index contributed by atoms with van der Waals surface area (Å²) in [4.78, 5) is 2.34. The zero-order chi connectivity index (χ0) is 34.6. The fourth-order valence-electron chi connectivity index (χ4n) is 8.32. The average Bonchev–Trinajstić information content (AvgIpc) is 3.53. The van der Waals surface area contributed by atoms with Crippen molar-refractivity contribution in [1.82, 2.24) is 4.57 Å². The average molecular weight is 665 g/mol. The maximum absolute atomic E-state index is 4.52. The van der Waals surface area contributed by atoms with Gasteiger partial charge in [-0.15, -0.1) is 0 Å². The first-order valence-electron chi connectivity index (χ1n) is 18.1. The van der Waals surface area contributed by atoms with Crippen molar-refractivity contribution < 1.29 is 0 Å². The third kappa shape index (κ3) is 4.87. The van der Waals surface area contributed by atoms with E-state index in [1.165, 1.54) is 77.3 Å².